The molecule has 1 heterocycles. The normalized spacial score (nSPS) is 19.4. The highest BCUT2D eigenvalue weighted by atomic mass is 35.5. The number of nitrogens with zero attached hydrogens (tertiary/aromatic N) is 1. The molecule has 2 N–H and O–H groups in total. The van der Waals surface area contributed by atoms with Crippen LogP contribution in [-0.2, 0) is 22.6 Å². The van der Waals surface area contributed by atoms with Gasteiger partial charge in [-0.2, -0.15) is 0 Å². The highest BCUT2D eigenvalue weighted by molar-refractivity contribution is 6.30. The second kappa shape index (κ2) is 10.7. The van der Waals surface area contributed by atoms with E-state index in [1.54, 1.807) is 19.2 Å². The minimum Gasteiger partial charge on any atom is -0.383 e. The minimum absolute atomic E-state index is 0.00941. The number of carbonyl (C=O) groups is 1. The first kappa shape index (κ1) is 21.7. The fourth-order valence-electron chi connectivity index (χ4n) is 3.63. The molecule has 0 radical (unpaired) electrons. The van der Waals surface area contributed by atoms with Crippen LogP contribution in [0.4, 0.5) is 4.39 Å². The molecule has 0 spiro atoms. The van der Waals surface area contributed by atoms with E-state index in [-0.39, 0.29) is 23.8 Å². The lowest BCUT2D eigenvalue weighted by molar-refractivity contribution is -0.125. The maximum atomic E-state index is 13.1. The van der Waals surface area contributed by atoms with Crippen LogP contribution in [-0.4, -0.2) is 49.7 Å². The Hall–Kier alpha value is -1.99. The molecule has 0 aromatic heterocycles. The molecule has 7 heteroatoms. The molecule has 3 rings (SSSR count). The number of ether oxygens (including phenoxy) is 1. The Labute approximate surface area is 176 Å². The number of likely N-dealkylation sites (tertiary alicyclic amines) is 1. The Morgan fingerprint density at radius 2 is 2.03 bits per heavy atom. The summed E-state index contributed by atoms with van der Waals surface area (Å²) in [6.07, 6.45) is 0.709. The van der Waals surface area contributed by atoms with E-state index in [0.717, 1.165) is 17.7 Å². The largest absolute Gasteiger partial charge is 0.383 e. The van der Waals surface area contributed by atoms with Gasteiger partial charge in [0.05, 0.1) is 12.6 Å². The molecule has 0 aliphatic carbocycles. The summed E-state index contributed by atoms with van der Waals surface area (Å²) >= 11 is 6.12. The number of carbonyl (C=O) groups excluding carboxylic acids is 1. The molecule has 1 amide bonds. The number of hydrogen-bond donors (Lipinski definition) is 2. The lowest BCUT2D eigenvalue weighted by atomic mass is 10.1. The zero-order chi connectivity index (χ0) is 20.6. The highest BCUT2D eigenvalue weighted by Crippen LogP contribution is 2.22. The van der Waals surface area contributed by atoms with Crippen molar-refractivity contribution in [2.75, 3.05) is 26.8 Å². The summed E-state index contributed by atoms with van der Waals surface area (Å²) in [5.74, 6) is -0.231. The highest BCUT2D eigenvalue weighted by Gasteiger charge is 2.36. The van der Waals surface area contributed by atoms with Crippen LogP contribution < -0.4 is 10.6 Å². The van der Waals surface area contributed by atoms with Crippen LogP contribution in [0.5, 0.6) is 0 Å². The van der Waals surface area contributed by atoms with E-state index in [2.05, 4.69) is 15.5 Å². The summed E-state index contributed by atoms with van der Waals surface area (Å²) in [6.45, 7) is 3.01. The predicted molar refractivity (Wildman–Crippen MR) is 112 cm³/mol. The van der Waals surface area contributed by atoms with E-state index in [4.69, 9.17) is 16.3 Å². The van der Waals surface area contributed by atoms with Crippen molar-refractivity contribution in [2.24, 2.45) is 0 Å². The SMILES string of the molecule is COCCNC(=O)[C@@H]1C[C@H](NCc2ccc(F)cc2)CN1Cc1cccc(Cl)c1. The quantitative estimate of drug-likeness (QED) is 0.613. The number of halogens is 2. The third kappa shape index (κ3) is 6.51. The van der Waals surface area contributed by atoms with Gasteiger partial charge in [0.2, 0.25) is 5.91 Å². The summed E-state index contributed by atoms with van der Waals surface area (Å²) in [6, 6.07) is 14.1. The van der Waals surface area contributed by atoms with Gasteiger partial charge in [0.1, 0.15) is 5.82 Å². The smallest absolute Gasteiger partial charge is 0.237 e. The molecular formula is C22H27ClFN3O2. The molecule has 1 fully saturated rings. The third-order valence-electron chi connectivity index (χ3n) is 5.09. The van der Waals surface area contributed by atoms with Crippen LogP contribution in [0.15, 0.2) is 48.5 Å². The molecule has 0 saturated carbocycles. The first-order valence-electron chi connectivity index (χ1n) is 9.78. The van der Waals surface area contributed by atoms with Crippen molar-refractivity contribution >= 4 is 17.5 Å². The minimum atomic E-state index is -0.241. The van der Waals surface area contributed by atoms with Crippen LogP contribution in [0.1, 0.15) is 17.5 Å². The maximum Gasteiger partial charge on any atom is 0.237 e. The Balaban J connectivity index is 1.63. The number of amides is 1. The van der Waals surface area contributed by atoms with Crippen molar-refractivity contribution in [1.82, 2.24) is 15.5 Å². The third-order valence-corrected chi connectivity index (χ3v) is 5.33. The molecule has 2 aromatic carbocycles. The number of hydrogen-bond acceptors (Lipinski definition) is 4. The summed E-state index contributed by atoms with van der Waals surface area (Å²) in [4.78, 5) is 14.9. The van der Waals surface area contributed by atoms with E-state index < -0.39 is 0 Å². The molecule has 29 heavy (non-hydrogen) atoms. The predicted octanol–water partition coefficient (Wildman–Crippen LogP) is 2.97. The first-order chi connectivity index (χ1) is 14.0. The number of rotatable bonds is 9. The number of benzene rings is 2. The van der Waals surface area contributed by atoms with Crippen molar-refractivity contribution in [3.05, 3.63) is 70.5 Å². The maximum absolute atomic E-state index is 13.1. The van der Waals surface area contributed by atoms with E-state index >= 15 is 0 Å². The van der Waals surface area contributed by atoms with E-state index in [9.17, 15) is 9.18 Å². The molecule has 0 unspecified atom stereocenters. The summed E-state index contributed by atoms with van der Waals surface area (Å²) in [5.41, 5.74) is 2.09. The van der Waals surface area contributed by atoms with Gasteiger partial charge in [-0.1, -0.05) is 35.9 Å². The van der Waals surface area contributed by atoms with Crippen LogP contribution in [0.3, 0.4) is 0 Å². The number of nitrogens with one attached hydrogen (secondary N) is 2. The summed E-state index contributed by atoms with van der Waals surface area (Å²) in [7, 11) is 1.61. The van der Waals surface area contributed by atoms with Crippen LogP contribution in [0.25, 0.3) is 0 Å². The van der Waals surface area contributed by atoms with Gasteiger partial charge in [0, 0.05) is 44.4 Å². The molecule has 5 nitrogen and oxygen atoms in total. The lowest BCUT2D eigenvalue weighted by Gasteiger charge is -2.23. The molecule has 2 aromatic rings. The van der Waals surface area contributed by atoms with Gasteiger partial charge in [0.15, 0.2) is 0 Å². The first-order valence-corrected chi connectivity index (χ1v) is 10.2. The zero-order valence-electron chi connectivity index (χ0n) is 16.5. The molecular weight excluding hydrogens is 393 g/mol. The van der Waals surface area contributed by atoms with Crippen molar-refractivity contribution in [2.45, 2.75) is 31.6 Å². The van der Waals surface area contributed by atoms with Crippen molar-refractivity contribution in [3.8, 4) is 0 Å². The summed E-state index contributed by atoms with van der Waals surface area (Å²) < 4.78 is 18.1. The standard InChI is InChI=1S/C22H27ClFN3O2/c1-29-10-9-25-22(28)21-12-20(26-13-16-5-7-19(24)8-6-16)15-27(21)14-17-3-2-4-18(23)11-17/h2-8,11,20-21,26H,9-10,12-15H2,1H3,(H,25,28)/t20-,21-/m0/s1. The van der Waals surface area contributed by atoms with Crippen molar-refractivity contribution in [3.63, 3.8) is 0 Å². The molecule has 1 saturated heterocycles. The Morgan fingerprint density at radius 1 is 1.24 bits per heavy atom. The Kier molecular flexibility index (Phi) is 8.00. The second-order valence-electron chi connectivity index (χ2n) is 7.30. The van der Waals surface area contributed by atoms with Crippen molar-refractivity contribution < 1.29 is 13.9 Å². The second-order valence-corrected chi connectivity index (χ2v) is 7.74. The van der Waals surface area contributed by atoms with Gasteiger partial charge in [0.25, 0.3) is 0 Å². The molecule has 0 bridgehead atoms. The summed E-state index contributed by atoms with van der Waals surface area (Å²) in [5, 5.41) is 7.14. The molecule has 2 atom stereocenters. The van der Waals surface area contributed by atoms with E-state index in [1.165, 1.54) is 12.1 Å². The van der Waals surface area contributed by atoms with Crippen LogP contribution >= 0.6 is 11.6 Å². The average Bonchev–Trinajstić information content (AvgIpc) is 3.10. The van der Waals surface area contributed by atoms with Crippen molar-refractivity contribution in [1.29, 1.82) is 0 Å². The van der Waals surface area contributed by atoms with Gasteiger partial charge >= 0.3 is 0 Å². The Morgan fingerprint density at radius 3 is 2.76 bits per heavy atom. The van der Waals surface area contributed by atoms with E-state index in [0.29, 0.717) is 37.7 Å². The van der Waals surface area contributed by atoms with Gasteiger partial charge in [-0.3, -0.25) is 9.69 Å². The molecule has 156 valence electrons. The van der Waals surface area contributed by atoms with Gasteiger partial charge in [-0.05, 0) is 41.8 Å². The number of methoxy groups -OCH3 is 1. The lowest BCUT2D eigenvalue weighted by Crippen LogP contribution is -2.43. The van der Waals surface area contributed by atoms with Gasteiger partial charge in [-0.25, -0.2) is 4.39 Å². The molecule has 1 aliphatic rings. The van der Waals surface area contributed by atoms with E-state index in [1.807, 2.05) is 24.3 Å². The fraction of sp³-hybridized carbons (Fsp3) is 0.409. The molecule has 1 aliphatic heterocycles. The van der Waals surface area contributed by atoms with Crippen LogP contribution in [0.2, 0.25) is 5.02 Å². The fourth-order valence-corrected chi connectivity index (χ4v) is 3.84. The topological polar surface area (TPSA) is 53.6 Å². The zero-order valence-corrected chi connectivity index (χ0v) is 17.3. The van der Waals surface area contributed by atoms with Gasteiger partial charge < -0.3 is 15.4 Å². The Bertz CT molecular complexity index is 803. The average molecular weight is 420 g/mol. The van der Waals surface area contributed by atoms with Gasteiger partial charge in [-0.15, -0.1) is 0 Å². The van der Waals surface area contributed by atoms with Crippen LogP contribution in [0, 0.1) is 5.82 Å². The monoisotopic (exact) mass is 419 g/mol.